The first-order valence-corrected chi connectivity index (χ1v) is 2.27. The third-order valence-electron chi connectivity index (χ3n) is 0.747. The Morgan fingerprint density at radius 1 is 1.20 bits per heavy atom. The van der Waals surface area contributed by atoms with Crippen molar-refractivity contribution in [2.24, 2.45) is 0 Å². The summed E-state index contributed by atoms with van der Waals surface area (Å²) < 4.78 is 60.6. The zero-order chi connectivity index (χ0) is 8.41. The van der Waals surface area contributed by atoms with E-state index >= 15 is 0 Å². The fourth-order valence-electron chi connectivity index (χ4n) is 0.195. The SMILES string of the molecule is CC(F)(F)C(F)(F)OCF. The Hall–Kier alpha value is -0.390. The van der Waals surface area contributed by atoms with Gasteiger partial charge in [0.2, 0.25) is 0 Å². The highest BCUT2D eigenvalue weighted by molar-refractivity contribution is 4.69. The van der Waals surface area contributed by atoms with Crippen molar-refractivity contribution >= 4 is 0 Å². The molecular formula is C4H5F5O. The lowest BCUT2D eigenvalue weighted by atomic mass is 10.4. The summed E-state index contributed by atoms with van der Waals surface area (Å²) in [4.78, 5) is 0. The first kappa shape index (κ1) is 9.61. The number of hydrogen-bond acceptors (Lipinski definition) is 1. The summed E-state index contributed by atoms with van der Waals surface area (Å²) in [5, 5.41) is 0. The van der Waals surface area contributed by atoms with E-state index in [1.165, 1.54) is 0 Å². The molecule has 0 fully saturated rings. The van der Waals surface area contributed by atoms with Gasteiger partial charge >= 0.3 is 12.0 Å². The molecule has 6 heteroatoms. The van der Waals surface area contributed by atoms with E-state index in [0.29, 0.717) is 0 Å². The Labute approximate surface area is 53.8 Å². The van der Waals surface area contributed by atoms with Crippen LogP contribution in [0.2, 0.25) is 0 Å². The molecule has 10 heavy (non-hydrogen) atoms. The van der Waals surface area contributed by atoms with Gasteiger partial charge in [-0.3, -0.25) is 4.74 Å². The molecule has 0 aromatic rings. The van der Waals surface area contributed by atoms with Crippen LogP contribution >= 0.6 is 0 Å². The molecule has 0 heterocycles. The maximum Gasteiger partial charge on any atom is 0.421 e. The van der Waals surface area contributed by atoms with Crippen LogP contribution < -0.4 is 0 Å². The first-order chi connectivity index (χ1) is 4.31. The number of rotatable bonds is 3. The van der Waals surface area contributed by atoms with Crippen molar-refractivity contribution in [3.63, 3.8) is 0 Å². The molecule has 1 nitrogen and oxygen atoms in total. The number of ether oxygens (including phenoxy) is 1. The molecule has 0 radical (unpaired) electrons. The maximum atomic E-state index is 11.7. The standard InChI is InChI=1S/C4H5F5O/c1-3(6,7)4(8,9)10-2-5/h2H2,1H3. The number of hydrogen-bond donors (Lipinski definition) is 0. The molecule has 0 N–H and O–H groups in total. The minimum atomic E-state index is -4.72. The highest BCUT2D eigenvalue weighted by atomic mass is 19.3. The van der Waals surface area contributed by atoms with Gasteiger partial charge in [-0.05, 0) is 0 Å². The smallest absolute Gasteiger partial charge is 0.284 e. The van der Waals surface area contributed by atoms with E-state index < -0.39 is 18.9 Å². The molecule has 0 aromatic carbocycles. The monoisotopic (exact) mass is 164 g/mol. The third-order valence-corrected chi connectivity index (χ3v) is 0.747. The van der Waals surface area contributed by atoms with Gasteiger partial charge in [-0.1, -0.05) is 0 Å². The molecule has 0 saturated heterocycles. The Kier molecular flexibility index (Phi) is 2.59. The van der Waals surface area contributed by atoms with Gasteiger partial charge in [0.25, 0.3) is 0 Å². The van der Waals surface area contributed by atoms with Crippen molar-refractivity contribution in [2.45, 2.75) is 19.0 Å². The summed E-state index contributed by atoms with van der Waals surface area (Å²) in [7, 11) is 0. The topological polar surface area (TPSA) is 9.23 Å². The van der Waals surface area contributed by atoms with Gasteiger partial charge < -0.3 is 0 Å². The summed E-state index contributed by atoms with van der Waals surface area (Å²) in [6.45, 7) is -1.99. The van der Waals surface area contributed by atoms with Crippen LogP contribution in [-0.4, -0.2) is 18.9 Å². The van der Waals surface area contributed by atoms with Crippen LogP contribution in [-0.2, 0) is 4.74 Å². The predicted molar refractivity (Wildman–Crippen MR) is 22.6 cm³/mol. The Morgan fingerprint density at radius 3 is 1.70 bits per heavy atom. The second kappa shape index (κ2) is 2.69. The molecule has 0 atom stereocenters. The second-order valence-electron chi connectivity index (χ2n) is 1.66. The maximum absolute atomic E-state index is 11.7. The highest BCUT2D eigenvalue weighted by Gasteiger charge is 2.54. The van der Waals surface area contributed by atoms with Crippen LogP contribution in [0.5, 0.6) is 0 Å². The van der Waals surface area contributed by atoms with Crippen molar-refractivity contribution in [3.05, 3.63) is 0 Å². The van der Waals surface area contributed by atoms with Gasteiger partial charge in [-0.15, -0.1) is 0 Å². The van der Waals surface area contributed by atoms with Crippen molar-refractivity contribution in [3.8, 4) is 0 Å². The van der Waals surface area contributed by atoms with Crippen LogP contribution in [0, 0.1) is 0 Å². The van der Waals surface area contributed by atoms with E-state index in [4.69, 9.17) is 0 Å². The molecule has 0 aromatic heterocycles. The van der Waals surface area contributed by atoms with Crippen LogP contribution in [0.1, 0.15) is 6.92 Å². The fraction of sp³-hybridized carbons (Fsp3) is 1.00. The highest BCUT2D eigenvalue weighted by Crippen LogP contribution is 2.34. The van der Waals surface area contributed by atoms with Crippen LogP contribution in [0.4, 0.5) is 22.0 Å². The average Bonchev–Trinajstić information content (AvgIpc) is 1.61. The van der Waals surface area contributed by atoms with Crippen molar-refractivity contribution in [2.75, 3.05) is 6.86 Å². The molecule has 0 saturated carbocycles. The quantitative estimate of drug-likeness (QED) is 0.581. The van der Waals surface area contributed by atoms with Crippen molar-refractivity contribution in [1.82, 2.24) is 0 Å². The molecule has 0 amide bonds. The summed E-state index contributed by atoms with van der Waals surface area (Å²) >= 11 is 0. The predicted octanol–water partition coefficient (Wildman–Crippen LogP) is 2.18. The van der Waals surface area contributed by atoms with E-state index in [0.717, 1.165) is 0 Å². The van der Waals surface area contributed by atoms with Crippen LogP contribution in [0.15, 0.2) is 0 Å². The van der Waals surface area contributed by atoms with Gasteiger partial charge in [0, 0.05) is 6.92 Å². The summed E-state index contributed by atoms with van der Waals surface area (Å²) in [6.07, 6.45) is -4.72. The van der Waals surface area contributed by atoms with Gasteiger partial charge in [0.05, 0.1) is 0 Å². The van der Waals surface area contributed by atoms with Crippen molar-refractivity contribution < 1.29 is 26.7 Å². The first-order valence-electron chi connectivity index (χ1n) is 2.27. The van der Waals surface area contributed by atoms with Crippen LogP contribution in [0.3, 0.4) is 0 Å². The zero-order valence-electron chi connectivity index (χ0n) is 5.01. The summed E-state index contributed by atoms with van der Waals surface area (Å²) in [6, 6.07) is 0. The normalized spacial score (nSPS) is 13.8. The average molecular weight is 164 g/mol. The Balaban J connectivity index is 4.10. The van der Waals surface area contributed by atoms with Crippen LogP contribution in [0.25, 0.3) is 0 Å². The summed E-state index contributed by atoms with van der Waals surface area (Å²) in [5.74, 6) is -4.35. The molecular weight excluding hydrogens is 159 g/mol. The molecule has 0 spiro atoms. The van der Waals surface area contributed by atoms with Gasteiger partial charge in [-0.25, -0.2) is 4.39 Å². The van der Waals surface area contributed by atoms with E-state index in [2.05, 4.69) is 4.74 Å². The molecule has 0 rings (SSSR count). The Morgan fingerprint density at radius 2 is 1.60 bits per heavy atom. The Bertz CT molecular complexity index is 107. The minimum Gasteiger partial charge on any atom is -0.284 e. The van der Waals surface area contributed by atoms with Crippen molar-refractivity contribution in [1.29, 1.82) is 0 Å². The second-order valence-corrected chi connectivity index (χ2v) is 1.66. The third kappa shape index (κ3) is 2.09. The van der Waals surface area contributed by atoms with Gasteiger partial charge in [0.1, 0.15) is 0 Å². The molecule has 0 bridgehead atoms. The molecule has 0 unspecified atom stereocenters. The molecule has 0 aliphatic heterocycles. The summed E-state index contributed by atoms with van der Waals surface area (Å²) in [5.41, 5.74) is 0. The lowest BCUT2D eigenvalue weighted by molar-refractivity contribution is -0.350. The lowest BCUT2D eigenvalue weighted by Gasteiger charge is -2.20. The van der Waals surface area contributed by atoms with Gasteiger partial charge in [0.15, 0.2) is 6.86 Å². The van der Waals surface area contributed by atoms with E-state index in [1.54, 1.807) is 0 Å². The lowest BCUT2D eigenvalue weighted by Crippen LogP contribution is -2.39. The van der Waals surface area contributed by atoms with E-state index in [9.17, 15) is 22.0 Å². The van der Waals surface area contributed by atoms with E-state index in [-0.39, 0.29) is 6.92 Å². The molecule has 0 aliphatic carbocycles. The van der Waals surface area contributed by atoms with E-state index in [1.807, 2.05) is 0 Å². The minimum absolute atomic E-state index is 0.0529. The number of halogens is 5. The zero-order valence-corrected chi connectivity index (χ0v) is 5.01. The molecule has 62 valence electrons. The van der Waals surface area contributed by atoms with Gasteiger partial charge in [-0.2, -0.15) is 17.6 Å². The number of alkyl halides is 5. The largest absolute Gasteiger partial charge is 0.421 e. The molecule has 0 aliphatic rings. The fourth-order valence-corrected chi connectivity index (χ4v) is 0.195.